The van der Waals surface area contributed by atoms with Crippen LogP contribution in [0.4, 0.5) is 0 Å². The smallest absolute Gasteiger partial charge is 0.140 e. The first-order chi connectivity index (χ1) is 17.2. The highest BCUT2D eigenvalue weighted by Crippen LogP contribution is 2.16. The zero-order valence-electron chi connectivity index (χ0n) is 24.3. The van der Waals surface area contributed by atoms with E-state index in [1.54, 1.807) is 0 Å². The van der Waals surface area contributed by atoms with Gasteiger partial charge in [0.15, 0.2) is 0 Å². The number of Topliss-reactive ketones (excluding diaryl/α,β-unsaturated/α-hetero) is 2. The Hall–Kier alpha value is -0.660. The van der Waals surface area contributed by atoms with Crippen LogP contribution in [0.15, 0.2) is 0 Å². The SMILES string of the molecule is CCCCCCCCCCCCCCCCCCCCCCCCCCCCCC(=O)CC(C)=O. The molecule has 0 aromatic carbocycles. The Bertz CT molecular complexity index is 442. The van der Waals surface area contributed by atoms with Crippen molar-refractivity contribution in [2.24, 2.45) is 0 Å². The van der Waals surface area contributed by atoms with Gasteiger partial charge in [0, 0.05) is 6.42 Å². The average molecular weight is 493 g/mol. The normalized spacial score (nSPS) is 11.3. The topological polar surface area (TPSA) is 34.1 Å². The van der Waals surface area contributed by atoms with Gasteiger partial charge in [-0.2, -0.15) is 0 Å². The molecule has 2 nitrogen and oxygen atoms in total. The number of carbonyl (C=O) groups is 2. The molecule has 0 N–H and O–H groups in total. The Morgan fingerprint density at radius 3 is 0.829 bits per heavy atom. The van der Waals surface area contributed by atoms with Crippen LogP contribution < -0.4 is 0 Å². The molecule has 0 saturated carbocycles. The van der Waals surface area contributed by atoms with Gasteiger partial charge < -0.3 is 0 Å². The average Bonchev–Trinajstić information content (AvgIpc) is 2.83. The van der Waals surface area contributed by atoms with Gasteiger partial charge in [-0.15, -0.1) is 0 Å². The number of carbonyl (C=O) groups excluding carboxylic acids is 2. The van der Waals surface area contributed by atoms with E-state index in [1.807, 2.05) is 0 Å². The van der Waals surface area contributed by atoms with E-state index in [4.69, 9.17) is 0 Å². The van der Waals surface area contributed by atoms with Gasteiger partial charge in [0.05, 0.1) is 6.42 Å². The third-order valence-corrected chi connectivity index (χ3v) is 7.51. The van der Waals surface area contributed by atoms with E-state index in [1.165, 1.54) is 167 Å². The Labute approximate surface area is 221 Å². The second kappa shape index (κ2) is 29.6. The van der Waals surface area contributed by atoms with E-state index < -0.39 is 0 Å². The third-order valence-electron chi connectivity index (χ3n) is 7.51. The molecule has 0 unspecified atom stereocenters. The first kappa shape index (κ1) is 34.3. The number of rotatable bonds is 30. The Morgan fingerprint density at radius 2 is 0.600 bits per heavy atom. The van der Waals surface area contributed by atoms with Crippen LogP contribution in [0.1, 0.15) is 200 Å². The molecule has 0 spiro atoms. The molecule has 0 amide bonds. The molecule has 0 aliphatic rings. The molecule has 0 aromatic rings. The van der Waals surface area contributed by atoms with Gasteiger partial charge >= 0.3 is 0 Å². The maximum atomic E-state index is 11.5. The zero-order chi connectivity index (χ0) is 25.7. The molecule has 0 aliphatic carbocycles. The van der Waals surface area contributed by atoms with E-state index in [-0.39, 0.29) is 18.0 Å². The molecule has 0 heterocycles. The van der Waals surface area contributed by atoms with Crippen molar-refractivity contribution in [2.75, 3.05) is 0 Å². The lowest BCUT2D eigenvalue weighted by Gasteiger charge is -2.04. The summed E-state index contributed by atoms with van der Waals surface area (Å²) in [7, 11) is 0. The summed E-state index contributed by atoms with van der Waals surface area (Å²) in [6.07, 6.45) is 38.6. The van der Waals surface area contributed by atoms with Gasteiger partial charge in [-0.05, 0) is 13.3 Å². The third kappa shape index (κ3) is 31.3. The monoisotopic (exact) mass is 492 g/mol. The van der Waals surface area contributed by atoms with Gasteiger partial charge in [0.25, 0.3) is 0 Å². The predicted molar refractivity (Wildman–Crippen MR) is 155 cm³/mol. The van der Waals surface area contributed by atoms with Gasteiger partial charge in [0.2, 0.25) is 0 Å². The van der Waals surface area contributed by atoms with Crippen LogP contribution in [0.25, 0.3) is 0 Å². The molecule has 208 valence electrons. The Balaban J connectivity index is 3.06. The number of hydrogen-bond acceptors (Lipinski definition) is 2. The Kier molecular flexibility index (Phi) is 29.0. The summed E-state index contributed by atoms with van der Waals surface area (Å²) < 4.78 is 0. The minimum Gasteiger partial charge on any atom is -0.300 e. The summed E-state index contributed by atoms with van der Waals surface area (Å²) in [5, 5.41) is 0. The maximum Gasteiger partial charge on any atom is 0.140 e. The zero-order valence-corrected chi connectivity index (χ0v) is 24.3. The van der Waals surface area contributed by atoms with E-state index >= 15 is 0 Å². The molecule has 0 saturated heterocycles. The second-order valence-corrected chi connectivity index (χ2v) is 11.4. The van der Waals surface area contributed by atoms with Crippen LogP contribution in [-0.2, 0) is 9.59 Å². The molecular formula is C33H64O2. The van der Waals surface area contributed by atoms with E-state index in [9.17, 15) is 9.59 Å². The molecule has 0 aliphatic heterocycles. The summed E-state index contributed by atoms with van der Waals surface area (Å²) in [5.41, 5.74) is 0. The quantitative estimate of drug-likeness (QED) is 0.0737. The van der Waals surface area contributed by atoms with Crippen LogP contribution in [0.2, 0.25) is 0 Å². The Morgan fingerprint density at radius 1 is 0.371 bits per heavy atom. The fraction of sp³-hybridized carbons (Fsp3) is 0.939. The van der Waals surface area contributed by atoms with Crippen LogP contribution >= 0.6 is 0 Å². The number of ketones is 2. The van der Waals surface area contributed by atoms with Crippen molar-refractivity contribution >= 4 is 11.6 Å². The molecular weight excluding hydrogens is 428 g/mol. The molecule has 0 rings (SSSR count). The summed E-state index contributed by atoms with van der Waals surface area (Å²) in [5.74, 6) is 0.122. The molecule has 0 bridgehead atoms. The summed E-state index contributed by atoms with van der Waals surface area (Å²) in [4.78, 5) is 22.4. The van der Waals surface area contributed by atoms with Gasteiger partial charge in [-0.3, -0.25) is 9.59 Å². The van der Waals surface area contributed by atoms with Crippen LogP contribution in [0, 0.1) is 0 Å². The second-order valence-electron chi connectivity index (χ2n) is 11.4. The first-order valence-electron chi connectivity index (χ1n) is 16.2. The molecule has 0 atom stereocenters. The maximum absolute atomic E-state index is 11.5. The minimum atomic E-state index is 0.0000211. The van der Waals surface area contributed by atoms with Gasteiger partial charge in [0.1, 0.15) is 11.6 Å². The highest BCUT2D eigenvalue weighted by molar-refractivity contribution is 5.97. The van der Waals surface area contributed by atoms with Crippen molar-refractivity contribution in [1.82, 2.24) is 0 Å². The standard InChI is InChI=1S/C33H64O2/c1-3-4-5-6-7-8-9-10-11-12-13-14-15-16-17-18-19-20-21-22-23-24-25-26-27-28-29-30-33(35)31-32(2)34/h3-31H2,1-2H3. The van der Waals surface area contributed by atoms with Crippen LogP contribution in [-0.4, -0.2) is 11.6 Å². The minimum absolute atomic E-state index is 0.0000211. The summed E-state index contributed by atoms with van der Waals surface area (Å²) in [6, 6.07) is 0. The van der Waals surface area contributed by atoms with Gasteiger partial charge in [-0.25, -0.2) is 0 Å². The fourth-order valence-corrected chi connectivity index (χ4v) is 5.18. The lowest BCUT2D eigenvalue weighted by molar-refractivity contribution is -0.125. The first-order valence-corrected chi connectivity index (χ1v) is 16.2. The molecule has 0 aromatic heterocycles. The van der Waals surface area contributed by atoms with E-state index in [0.717, 1.165) is 12.8 Å². The summed E-state index contributed by atoms with van der Waals surface area (Å²) in [6.45, 7) is 3.80. The lowest BCUT2D eigenvalue weighted by Crippen LogP contribution is -2.03. The molecule has 0 radical (unpaired) electrons. The lowest BCUT2D eigenvalue weighted by atomic mass is 10.0. The van der Waals surface area contributed by atoms with Crippen molar-refractivity contribution in [3.63, 3.8) is 0 Å². The van der Waals surface area contributed by atoms with Crippen LogP contribution in [0.5, 0.6) is 0 Å². The number of hydrogen-bond donors (Lipinski definition) is 0. The largest absolute Gasteiger partial charge is 0.300 e. The van der Waals surface area contributed by atoms with Crippen molar-refractivity contribution in [3.05, 3.63) is 0 Å². The van der Waals surface area contributed by atoms with Gasteiger partial charge in [-0.1, -0.05) is 174 Å². The highest BCUT2D eigenvalue weighted by atomic mass is 16.1. The highest BCUT2D eigenvalue weighted by Gasteiger charge is 2.04. The van der Waals surface area contributed by atoms with Crippen LogP contribution in [0.3, 0.4) is 0 Å². The molecule has 0 fully saturated rings. The molecule has 35 heavy (non-hydrogen) atoms. The number of unbranched alkanes of at least 4 members (excludes halogenated alkanes) is 26. The summed E-state index contributed by atoms with van der Waals surface area (Å²) >= 11 is 0. The molecule has 2 heteroatoms. The van der Waals surface area contributed by atoms with Crippen molar-refractivity contribution in [3.8, 4) is 0 Å². The van der Waals surface area contributed by atoms with Crippen molar-refractivity contribution < 1.29 is 9.59 Å². The fourth-order valence-electron chi connectivity index (χ4n) is 5.18. The van der Waals surface area contributed by atoms with Crippen molar-refractivity contribution in [2.45, 2.75) is 200 Å². The van der Waals surface area contributed by atoms with Crippen molar-refractivity contribution in [1.29, 1.82) is 0 Å². The predicted octanol–water partition coefficient (Wildman–Crippen LogP) is 11.5. The van der Waals surface area contributed by atoms with E-state index in [2.05, 4.69) is 6.92 Å². The van der Waals surface area contributed by atoms with E-state index in [0.29, 0.717) is 6.42 Å².